The van der Waals surface area contributed by atoms with E-state index in [-0.39, 0.29) is 12.1 Å². The van der Waals surface area contributed by atoms with Gasteiger partial charge in [0.05, 0.1) is 23.8 Å². The number of aromatic nitrogens is 1. The lowest BCUT2D eigenvalue weighted by Crippen LogP contribution is -2.39. The van der Waals surface area contributed by atoms with Gasteiger partial charge >= 0.3 is 5.97 Å². The fourth-order valence-electron chi connectivity index (χ4n) is 4.17. The van der Waals surface area contributed by atoms with Gasteiger partial charge in [-0.25, -0.2) is 14.8 Å². The molecule has 2 N–H and O–H groups in total. The van der Waals surface area contributed by atoms with Gasteiger partial charge in [0, 0.05) is 37.6 Å². The molecule has 33 heavy (non-hydrogen) atoms. The zero-order chi connectivity index (χ0) is 23.4. The van der Waals surface area contributed by atoms with Crippen LogP contribution in [0.4, 0.5) is 5.82 Å². The minimum absolute atomic E-state index is 0.0513. The van der Waals surface area contributed by atoms with E-state index in [1.54, 1.807) is 18.5 Å². The Kier molecular flexibility index (Phi) is 6.82. The first kappa shape index (κ1) is 22.6. The van der Waals surface area contributed by atoms with E-state index in [2.05, 4.69) is 20.9 Å². The number of hydrogen-bond acceptors (Lipinski definition) is 8. The lowest BCUT2D eigenvalue weighted by atomic mass is 9.94. The van der Waals surface area contributed by atoms with Crippen molar-refractivity contribution in [1.29, 1.82) is 5.26 Å². The summed E-state index contributed by atoms with van der Waals surface area (Å²) in [6, 6.07) is 7.72. The highest BCUT2D eigenvalue weighted by Crippen LogP contribution is 2.32. The second-order valence-electron chi connectivity index (χ2n) is 8.26. The van der Waals surface area contributed by atoms with Crippen molar-refractivity contribution in [3.05, 3.63) is 69.5 Å². The quantitative estimate of drug-likeness (QED) is 0.536. The number of rotatable bonds is 6. The summed E-state index contributed by atoms with van der Waals surface area (Å²) in [5.41, 5.74) is 11.9. The van der Waals surface area contributed by atoms with Crippen LogP contribution < -0.4 is 5.73 Å². The Morgan fingerprint density at radius 1 is 1.42 bits per heavy atom. The van der Waals surface area contributed by atoms with Crippen molar-refractivity contribution in [2.75, 3.05) is 26.2 Å². The molecule has 1 aromatic heterocycles. The molecule has 4 rings (SSSR count). The minimum atomic E-state index is -0.250. The molecule has 0 unspecified atom stereocenters. The van der Waals surface area contributed by atoms with Crippen LogP contribution >= 0.6 is 0 Å². The molecule has 2 aliphatic rings. The van der Waals surface area contributed by atoms with E-state index < -0.39 is 0 Å². The third-order valence-corrected chi connectivity index (χ3v) is 6.22. The molecule has 2 aromatic rings. The molecule has 8 nitrogen and oxygen atoms in total. The van der Waals surface area contributed by atoms with Crippen LogP contribution in [0.5, 0.6) is 0 Å². The van der Waals surface area contributed by atoms with Gasteiger partial charge in [-0.05, 0) is 60.9 Å². The Labute approximate surface area is 193 Å². The predicted molar refractivity (Wildman–Crippen MR) is 124 cm³/mol. The summed E-state index contributed by atoms with van der Waals surface area (Å²) in [7, 11) is 0. The zero-order valence-electron chi connectivity index (χ0n) is 18.9. The molecule has 0 bridgehead atoms. The first-order valence-corrected chi connectivity index (χ1v) is 10.9. The number of benzene rings is 1. The molecular weight excluding hydrogens is 418 g/mol. The van der Waals surface area contributed by atoms with Gasteiger partial charge in [0.2, 0.25) is 0 Å². The Hall–Kier alpha value is -3.54. The van der Waals surface area contributed by atoms with Gasteiger partial charge in [0.25, 0.3) is 0 Å². The summed E-state index contributed by atoms with van der Waals surface area (Å²) >= 11 is 0. The Morgan fingerprint density at radius 2 is 2.27 bits per heavy atom. The van der Waals surface area contributed by atoms with Gasteiger partial charge in [-0.2, -0.15) is 5.26 Å². The number of aryl methyl sites for hydroxylation is 1. The van der Waals surface area contributed by atoms with E-state index in [1.807, 2.05) is 26.0 Å². The van der Waals surface area contributed by atoms with Crippen LogP contribution in [0.25, 0.3) is 0 Å². The van der Waals surface area contributed by atoms with Crippen molar-refractivity contribution in [1.82, 2.24) is 9.88 Å². The fraction of sp³-hybridized carbons (Fsp3) is 0.360. The number of carbonyl (C=O) groups is 1. The van der Waals surface area contributed by atoms with E-state index in [0.29, 0.717) is 30.2 Å². The summed E-state index contributed by atoms with van der Waals surface area (Å²) in [5.74, 6) is 0.298. The maximum Gasteiger partial charge on any atom is 0.338 e. The molecule has 0 radical (unpaired) electrons. The van der Waals surface area contributed by atoms with E-state index >= 15 is 0 Å². The van der Waals surface area contributed by atoms with Gasteiger partial charge in [-0.15, -0.1) is 0 Å². The Morgan fingerprint density at radius 3 is 3.03 bits per heavy atom. The molecule has 0 amide bonds. The van der Waals surface area contributed by atoms with Crippen molar-refractivity contribution in [2.24, 2.45) is 10.7 Å². The van der Waals surface area contributed by atoms with Crippen molar-refractivity contribution in [3.63, 3.8) is 0 Å². The standard InChI is InChI=1S/C25H27N5O3/c1-16-9-24(29-13-19(16)11-27)28-12-18(10-26)5-6-30-7-8-32-23(14-30)20-3-4-21-22(17(20)2)15-33-25(21)31/h3-4,9-10,12-13,23H,5-8,14-15,26H2,1-2H3/t23-/m0/s1. The second-order valence-corrected chi connectivity index (χ2v) is 8.26. The van der Waals surface area contributed by atoms with Crippen molar-refractivity contribution >= 4 is 18.0 Å². The molecule has 0 spiro atoms. The van der Waals surface area contributed by atoms with E-state index in [4.69, 9.17) is 20.5 Å². The number of pyridine rings is 1. The number of morpholine rings is 1. The maximum absolute atomic E-state index is 11.8. The van der Waals surface area contributed by atoms with Crippen LogP contribution in [0.2, 0.25) is 0 Å². The highest BCUT2D eigenvalue weighted by Gasteiger charge is 2.28. The van der Waals surface area contributed by atoms with Crippen LogP contribution in [0, 0.1) is 25.2 Å². The molecule has 3 heterocycles. The maximum atomic E-state index is 11.8. The van der Waals surface area contributed by atoms with Crippen LogP contribution in [0.3, 0.4) is 0 Å². The van der Waals surface area contributed by atoms with Gasteiger partial charge < -0.3 is 15.2 Å². The largest absolute Gasteiger partial charge is 0.457 e. The number of carbonyl (C=O) groups excluding carboxylic acids is 1. The predicted octanol–water partition coefficient (Wildman–Crippen LogP) is 3.25. The number of cyclic esters (lactones) is 1. The molecule has 1 saturated heterocycles. The number of nitrogens with zero attached hydrogens (tertiary/aromatic N) is 4. The summed E-state index contributed by atoms with van der Waals surface area (Å²) in [6.45, 7) is 7.29. The monoisotopic (exact) mass is 445 g/mol. The molecule has 2 aliphatic heterocycles. The third kappa shape index (κ3) is 4.95. The number of fused-ring (bicyclic) bond motifs is 1. The van der Waals surface area contributed by atoms with E-state index in [0.717, 1.165) is 53.9 Å². The summed E-state index contributed by atoms with van der Waals surface area (Å²) in [6.07, 6.45) is 5.52. The summed E-state index contributed by atoms with van der Waals surface area (Å²) in [4.78, 5) is 22.8. The molecule has 1 atom stereocenters. The molecule has 0 saturated carbocycles. The van der Waals surface area contributed by atoms with E-state index in [9.17, 15) is 4.79 Å². The molecule has 1 fully saturated rings. The lowest BCUT2D eigenvalue weighted by Gasteiger charge is -2.34. The van der Waals surface area contributed by atoms with Crippen molar-refractivity contribution in [2.45, 2.75) is 33.0 Å². The highest BCUT2D eigenvalue weighted by molar-refractivity contribution is 5.94. The zero-order valence-corrected chi connectivity index (χ0v) is 18.9. The molecular formula is C25H27N5O3. The number of hydrogen-bond donors (Lipinski definition) is 1. The SMILES string of the molecule is Cc1cc(N=CC(=CN)CCN2CCO[C@H](c3ccc4c(c3C)COC4=O)C2)ncc1C#N. The first-order chi connectivity index (χ1) is 16.0. The average Bonchev–Trinajstić information content (AvgIpc) is 3.21. The third-order valence-electron chi connectivity index (χ3n) is 6.22. The normalized spacial score (nSPS) is 18.9. The molecule has 8 heteroatoms. The lowest BCUT2D eigenvalue weighted by molar-refractivity contribution is -0.0297. The topological polar surface area (TPSA) is 114 Å². The number of ether oxygens (including phenoxy) is 2. The molecule has 0 aliphatic carbocycles. The van der Waals surface area contributed by atoms with Gasteiger partial charge in [-0.3, -0.25) is 4.90 Å². The fourth-order valence-corrected chi connectivity index (χ4v) is 4.17. The first-order valence-electron chi connectivity index (χ1n) is 10.9. The molecule has 170 valence electrons. The number of nitriles is 1. The Balaban J connectivity index is 1.37. The van der Waals surface area contributed by atoms with Crippen molar-refractivity contribution < 1.29 is 14.3 Å². The van der Waals surface area contributed by atoms with E-state index in [1.165, 1.54) is 6.20 Å². The van der Waals surface area contributed by atoms with Crippen LogP contribution in [-0.2, 0) is 16.1 Å². The number of esters is 1. The van der Waals surface area contributed by atoms with Crippen LogP contribution in [0.15, 0.2) is 41.2 Å². The Bertz CT molecular complexity index is 1170. The summed E-state index contributed by atoms with van der Waals surface area (Å²) in [5, 5.41) is 9.03. The van der Waals surface area contributed by atoms with Gasteiger partial charge in [0.15, 0.2) is 5.82 Å². The highest BCUT2D eigenvalue weighted by atomic mass is 16.5. The van der Waals surface area contributed by atoms with Crippen molar-refractivity contribution in [3.8, 4) is 6.07 Å². The molecule has 1 aromatic carbocycles. The second kappa shape index (κ2) is 9.94. The smallest absolute Gasteiger partial charge is 0.338 e. The number of aliphatic imine (C=N–C) groups is 1. The van der Waals surface area contributed by atoms with Crippen LogP contribution in [-0.4, -0.2) is 48.3 Å². The summed E-state index contributed by atoms with van der Waals surface area (Å²) < 4.78 is 11.2. The average molecular weight is 446 g/mol. The van der Waals surface area contributed by atoms with Gasteiger partial charge in [-0.1, -0.05) is 6.07 Å². The van der Waals surface area contributed by atoms with Gasteiger partial charge in [0.1, 0.15) is 12.7 Å². The minimum Gasteiger partial charge on any atom is -0.457 e. The number of nitrogens with two attached hydrogens (primary N) is 1. The van der Waals surface area contributed by atoms with Crippen LogP contribution in [0.1, 0.15) is 50.7 Å².